The summed E-state index contributed by atoms with van der Waals surface area (Å²) in [7, 11) is 1.49. The first kappa shape index (κ1) is 21.7. The van der Waals surface area contributed by atoms with Crippen LogP contribution in [0.3, 0.4) is 0 Å². The summed E-state index contributed by atoms with van der Waals surface area (Å²) in [6.45, 7) is 0. The Hall–Kier alpha value is -4.53. The van der Waals surface area contributed by atoms with Crippen LogP contribution < -0.4 is 9.64 Å². The molecule has 1 fully saturated rings. The van der Waals surface area contributed by atoms with Gasteiger partial charge in [0.15, 0.2) is 0 Å². The van der Waals surface area contributed by atoms with Crippen LogP contribution in [0.5, 0.6) is 5.75 Å². The number of hydrogen-bond donors (Lipinski definition) is 1. The molecule has 0 bridgehead atoms. The number of halogens is 1. The highest BCUT2D eigenvalue weighted by molar-refractivity contribution is 6.51. The molecular formula is C24H17FN2O6. The number of aliphatic hydroxyl groups excluding tert-OH is 1. The average molecular weight is 448 g/mol. The van der Waals surface area contributed by atoms with E-state index in [0.717, 1.165) is 12.1 Å². The molecule has 1 amide bonds. The molecule has 1 aliphatic heterocycles. The Morgan fingerprint density at radius 2 is 1.61 bits per heavy atom. The molecule has 0 aromatic heterocycles. The van der Waals surface area contributed by atoms with E-state index in [0.29, 0.717) is 17.0 Å². The third-order valence-corrected chi connectivity index (χ3v) is 5.33. The van der Waals surface area contributed by atoms with E-state index in [9.17, 15) is 29.2 Å². The molecular weight excluding hydrogens is 431 g/mol. The van der Waals surface area contributed by atoms with E-state index in [1.54, 1.807) is 24.3 Å². The minimum Gasteiger partial charge on any atom is -0.507 e. The lowest BCUT2D eigenvalue weighted by Gasteiger charge is -2.25. The van der Waals surface area contributed by atoms with E-state index in [4.69, 9.17) is 4.74 Å². The predicted octanol–water partition coefficient (Wildman–Crippen LogP) is 4.37. The number of carbonyl (C=O) groups is 2. The number of anilines is 1. The SMILES string of the molecule is COc1ccc(N2C(=O)C(=O)C(=C(O)c3ccc(F)cc3)[C@@H]2c2ccc([N+](=O)[O-])cc2)cc1. The van der Waals surface area contributed by atoms with Crippen LogP contribution in [-0.2, 0) is 9.59 Å². The maximum atomic E-state index is 13.4. The molecule has 0 radical (unpaired) electrons. The van der Waals surface area contributed by atoms with Crippen molar-refractivity contribution in [1.29, 1.82) is 0 Å². The van der Waals surface area contributed by atoms with Crippen LogP contribution in [0.4, 0.5) is 15.8 Å². The maximum Gasteiger partial charge on any atom is 0.300 e. The van der Waals surface area contributed by atoms with E-state index in [1.165, 1.54) is 48.4 Å². The van der Waals surface area contributed by atoms with Crippen molar-refractivity contribution in [1.82, 2.24) is 0 Å². The van der Waals surface area contributed by atoms with Gasteiger partial charge < -0.3 is 9.84 Å². The standard InChI is InChI=1S/C24H17FN2O6/c1-33-19-12-10-17(11-13-19)26-21(14-4-8-18(9-5-14)27(31)32)20(23(29)24(26)30)22(28)15-2-6-16(25)7-3-15/h2-13,21,28H,1H3/t21-/m0/s1. The van der Waals surface area contributed by atoms with E-state index in [-0.39, 0.29) is 16.8 Å². The van der Waals surface area contributed by atoms with Crippen molar-refractivity contribution in [2.45, 2.75) is 6.04 Å². The lowest BCUT2D eigenvalue weighted by Crippen LogP contribution is -2.29. The van der Waals surface area contributed by atoms with Crippen LogP contribution in [0.1, 0.15) is 17.2 Å². The molecule has 0 unspecified atom stereocenters. The first-order valence-electron chi connectivity index (χ1n) is 9.77. The zero-order valence-corrected chi connectivity index (χ0v) is 17.3. The second-order valence-corrected chi connectivity index (χ2v) is 7.22. The normalized spacial score (nSPS) is 17.3. The number of Topliss-reactive ketones (excluding diaryl/α,β-unsaturated/α-hetero) is 1. The van der Waals surface area contributed by atoms with Crippen LogP contribution in [0.25, 0.3) is 5.76 Å². The smallest absolute Gasteiger partial charge is 0.300 e. The molecule has 1 atom stereocenters. The summed E-state index contributed by atoms with van der Waals surface area (Å²) >= 11 is 0. The fraction of sp³-hybridized carbons (Fsp3) is 0.0833. The summed E-state index contributed by atoms with van der Waals surface area (Å²) in [5, 5.41) is 22.0. The van der Waals surface area contributed by atoms with Gasteiger partial charge in [0.2, 0.25) is 0 Å². The molecule has 166 valence electrons. The van der Waals surface area contributed by atoms with Gasteiger partial charge in [-0.15, -0.1) is 0 Å². The van der Waals surface area contributed by atoms with Crippen molar-refractivity contribution >= 4 is 28.8 Å². The third-order valence-electron chi connectivity index (χ3n) is 5.33. The summed E-state index contributed by atoms with van der Waals surface area (Å²) in [4.78, 5) is 37.8. The minimum atomic E-state index is -1.07. The average Bonchev–Trinajstić information content (AvgIpc) is 3.09. The number of non-ortho nitro benzene ring substituents is 1. The number of ketones is 1. The van der Waals surface area contributed by atoms with Crippen molar-refractivity contribution in [2.75, 3.05) is 12.0 Å². The summed E-state index contributed by atoms with van der Waals surface area (Å²) in [5.41, 5.74) is 0.504. The Balaban J connectivity index is 1.91. The van der Waals surface area contributed by atoms with Crippen molar-refractivity contribution in [2.24, 2.45) is 0 Å². The lowest BCUT2D eigenvalue weighted by molar-refractivity contribution is -0.384. The van der Waals surface area contributed by atoms with Gasteiger partial charge in [0, 0.05) is 23.4 Å². The van der Waals surface area contributed by atoms with E-state index in [2.05, 4.69) is 0 Å². The van der Waals surface area contributed by atoms with Crippen molar-refractivity contribution in [3.8, 4) is 5.75 Å². The highest BCUT2D eigenvalue weighted by atomic mass is 19.1. The third kappa shape index (κ3) is 3.91. The van der Waals surface area contributed by atoms with Crippen molar-refractivity contribution < 1.29 is 28.7 Å². The first-order chi connectivity index (χ1) is 15.8. The summed E-state index contributed by atoms with van der Waals surface area (Å²) in [5.74, 6) is -2.29. The number of ether oxygens (including phenoxy) is 1. The Morgan fingerprint density at radius 1 is 1.00 bits per heavy atom. The van der Waals surface area contributed by atoms with E-state index in [1.807, 2.05) is 0 Å². The van der Waals surface area contributed by atoms with Gasteiger partial charge >= 0.3 is 0 Å². The molecule has 1 N–H and O–H groups in total. The molecule has 8 nitrogen and oxygen atoms in total. The molecule has 9 heteroatoms. The van der Waals surface area contributed by atoms with Crippen LogP contribution in [-0.4, -0.2) is 28.8 Å². The number of benzene rings is 3. The molecule has 1 aliphatic rings. The van der Waals surface area contributed by atoms with Crippen molar-refractivity contribution in [3.05, 3.63) is 105 Å². The minimum absolute atomic E-state index is 0.149. The molecule has 33 heavy (non-hydrogen) atoms. The molecule has 3 aromatic carbocycles. The maximum absolute atomic E-state index is 13.4. The van der Waals surface area contributed by atoms with Gasteiger partial charge in [-0.25, -0.2) is 4.39 Å². The molecule has 0 saturated carbocycles. The second-order valence-electron chi connectivity index (χ2n) is 7.22. The number of hydrogen-bond acceptors (Lipinski definition) is 6. The Kier molecular flexibility index (Phi) is 5.61. The first-order valence-corrected chi connectivity index (χ1v) is 9.77. The molecule has 0 spiro atoms. The largest absolute Gasteiger partial charge is 0.507 e. The number of nitrogens with zero attached hydrogens (tertiary/aromatic N) is 2. The van der Waals surface area contributed by atoms with Gasteiger partial charge in [-0.05, 0) is 66.2 Å². The van der Waals surface area contributed by atoms with E-state index >= 15 is 0 Å². The van der Waals surface area contributed by atoms with Gasteiger partial charge in [-0.2, -0.15) is 0 Å². The number of carbonyl (C=O) groups excluding carboxylic acids is 2. The lowest BCUT2D eigenvalue weighted by atomic mass is 9.95. The number of nitro groups is 1. The van der Waals surface area contributed by atoms with Gasteiger partial charge in [-0.1, -0.05) is 0 Å². The van der Waals surface area contributed by atoms with E-state index < -0.39 is 34.2 Å². The number of methoxy groups -OCH3 is 1. The fourth-order valence-corrected chi connectivity index (χ4v) is 3.70. The summed E-state index contributed by atoms with van der Waals surface area (Å²) in [6, 6.07) is 15.5. The highest BCUT2D eigenvalue weighted by Gasteiger charge is 2.47. The molecule has 3 aromatic rings. The van der Waals surface area contributed by atoms with Crippen LogP contribution >= 0.6 is 0 Å². The van der Waals surface area contributed by atoms with Gasteiger partial charge in [-0.3, -0.25) is 24.6 Å². The fourth-order valence-electron chi connectivity index (χ4n) is 3.70. The molecule has 4 rings (SSSR count). The van der Waals surface area contributed by atoms with Gasteiger partial charge in [0.25, 0.3) is 17.4 Å². The predicted molar refractivity (Wildman–Crippen MR) is 117 cm³/mol. The molecule has 0 aliphatic carbocycles. The second kappa shape index (κ2) is 8.54. The molecule has 1 heterocycles. The Morgan fingerprint density at radius 3 is 2.15 bits per heavy atom. The number of amides is 1. The number of rotatable bonds is 5. The van der Waals surface area contributed by atoms with Gasteiger partial charge in [0.1, 0.15) is 17.3 Å². The quantitative estimate of drug-likeness (QED) is 0.204. The number of nitro benzene ring substituents is 1. The Bertz CT molecular complexity index is 1270. The number of aliphatic hydroxyl groups is 1. The topological polar surface area (TPSA) is 110 Å². The van der Waals surface area contributed by atoms with Gasteiger partial charge in [0.05, 0.1) is 23.6 Å². The van der Waals surface area contributed by atoms with Crippen LogP contribution in [0.15, 0.2) is 78.4 Å². The monoisotopic (exact) mass is 448 g/mol. The highest BCUT2D eigenvalue weighted by Crippen LogP contribution is 2.42. The Labute approximate surface area is 187 Å². The molecule has 1 saturated heterocycles. The van der Waals surface area contributed by atoms with Crippen molar-refractivity contribution in [3.63, 3.8) is 0 Å². The zero-order valence-electron chi connectivity index (χ0n) is 17.3. The summed E-state index contributed by atoms with van der Waals surface area (Å²) in [6.07, 6.45) is 0. The van der Waals surface area contributed by atoms with Crippen LogP contribution in [0, 0.1) is 15.9 Å². The zero-order chi connectivity index (χ0) is 23.7. The van der Waals surface area contributed by atoms with Crippen LogP contribution in [0.2, 0.25) is 0 Å². The summed E-state index contributed by atoms with van der Waals surface area (Å²) < 4.78 is 18.5.